The van der Waals surface area contributed by atoms with E-state index in [1.54, 1.807) is 37.4 Å². The Morgan fingerprint density at radius 2 is 1.95 bits per heavy atom. The summed E-state index contributed by atoms with van der Waals surface area (Å²) >= 11 is 1.26. The van der Waals surface area contributed by atoms with Gasteiger partial charge in [-0.3, -0.25) is 14.3 Å². The second-order valence-electron chi connectivity index (χ2n) is 9.19. The first-order valence-electron chi connectivity index (χ1n) is 11.7. The minimum Gasteiger partial charge on any atom is -0.481 e. The van der Waals surface area contributed by atoms with Crippen molar-refractivity contribution in [3.63, 3.8) is 0 Å². The van der Waals surface area contributed by atoms with Crippen LogP contribution in [0.3, 0.4) is 0 Å². The number of carbonyl (C=O) groups is 2. The Bertz CT molecular complexity index is 1450. The van der Waals surface area contributed by atoms with Gasteiger partial charge in [0, 0.05) is 18.5 Å². The van der Waals surface area contributed by atoms with E-state index in [1.807, 2.05) is 11.0 Å². The summed E-state index contributed by atoms with van der Waals surface area (Å²) in [6.07, 6.45) is -0.114. The average molecular weight is 529 g/mol. The van der Waals surface area contributed by atoms with Crippen LogP contribution in [0.5, 0.6) is 0 Å². The van der Waals surface area contributed by atoms with Crippen LogP contribution in [0, 0.1) is 12.8 Å². The van der Waals surface area contributed by atoms with Crippen LogP contribution in [-0.4, -0.2) is 49.9 Å². The van der Waals surface area contributed by atoms with Gasteiger partial charge in [0.05, 0.1) is 34.6 Å². The van der Waals surface area contributed by atoms with E-state index in [0.29, 0.717) is 47.1 Å². The van der Waals surface area contributed by atoms with Gasteiger partial charge in [0.2, 0.25) is 0 Å². The van der Waals surface area contributed by atoms with Gasteiger partial charge in [-0.15, -0.1) is 0 Å². The first kappa shape index (κ1) is 25.1. The molecule has 0 bridgehead atoms. The van der Waals surface area contributed by atoms with Crippen molar-refractivity contribution < 1.29 is 27.9 Å². The van der Waals surface area contributed by atoms with Crippen molar-refractivity contribution in [3.05, 3.63) is 69.8 Å². The predicted molar refractivity (Wildman–Crippen MR) is 135 cm³/mol. The first-order chi connectivity index (χ1) is 17.6. The van der Waals surface area contributed by atoms with Crippen molar-refractivity contribution in [2.24, 2.45) is 10.9 Å². The van der Waals surface area contributed by atoms with Gasteiger partial charge in [0.1, 0.15) is 0 Å². The zero-order valence-corrected chi connectivity index (χ0v) is 20.6. The fourth-order valence-electron chi connectivity index (χ4n) is 4.58. The quantitative estimate of drug-likeness (QED) is 0.470. The molecule has 2 aliphatic rings. The van der Waals surface area contributed by atoms with Gasteiger partial charge in [0.15, 0.2) is 5.17 Å². The number of amidine groups is 1. The Kier molecular flexibility index (Phi) is 6.57. The maximum Gasteiger partial charge on any atom is 0.416 e. The molecule has 3 heterocycles. The molecular weight excluding hydrogens is 505 g/mol. The number of carboxylic acids is 1. The van der Waals surface area contributed by atoms with E-state index >= 15 is 0 Å². The Morgan fingerprint density at radius 3 is 2.65 bits per heavy atom. The summed E-state index contributed by atoms with van der Waals surface area (Å²) in [5.41, 5.74) is 1.43. The van der Waals surface area contributed by atoms with E-state index in [-0.39, 0.29) is 23.9 Å². The number of hydrogen-bond acceptors (Lipinski definition) is 5. The molecule has 3 aromatic rings. The van der Waals surface area contributed by atoms with Crippen molar-refractivity contribution >= 4 is 45.8 Å². The molecule has 2 aromatic carbocycles. The zero-order chi connectivity index (χ0) is 26.3. The zero-order valence-electron chi connectivity index (χ0n) is 19.8. The Labute approximate surface area is 214 Å². The van der Waals surface area contributed by atoms with Crippen LogP contribution in [0.15, 0.2) is 52.5 Å². The number of hydrogen-bond donors (Lipinski definition) is 1. The molecule has 0 spiro atoms. The second kappa shape index (κ2) is 9.70. The van der Waals surface area contributed by atoms with Gasteiger partial charge in [-0.05, 0) is 66.9 Å². The number of rotatable bonds is 4. The topological polar surface area (TPSA) is 87.8 Å². The molecule has 0 saturated carbocycles. The number of fused-ring (bicyclic) bond motifs is 1. The van der Waals surface area contributed by atoms with E-state index in [0.717, 1.165) is 17.0 Å². The number of halogens is 3. The van der Waals surface area contributed by atoms with Gasteiger partial charge >= 0.3 is 12.1 Å². The lowest BCUT2D eigenvalue weighted by Gasteiger charge is -2.30. The van der Waals surface area contributed by atoms with Gasteiger partial charge in [-0.2, -0.15) is 23.3 Å². The highest BCUT2D eigenvalue weighted by Crippen LogP contribution is 2.34. The van der Waals surface area contributed by atoms with Crippen LogP contribution in [0.4, 0.5) is 13.2 Å². The predicted octanol–water partition coefficient (Wildman–Crippen LogP) is 5.18. The fourth-order valence-corrected chi connectivity index (χ4v) is 5.54. The number of alkyl halides is 3. The van der Waals surface area contributed by atoms with Crippen LogP contribution in [0.2, 0.25) is 0 Å². The van der Waals surface area contributed by atoms with Crippen LogP contribution in [0.1, 0.15) is 35.1 Å². The van der Waals surface area contributed by atoms with Crippen molar-refractivity contribution in [1.29, 1.82) is 0 Å². The maximum absolute atomic E-state index is 13.5. The third-order valence-electron chi connectivity index (χ3n) is 6.58. The summed E-state index contributed by atoms with van der Waals surface area (Å²) in [7, 11) is 0. The monoisotopic (exact) mass is 528 g/mol. The van der Waals surface area contributed by atoms with Crippen molar-refractivity contribution in [3.8, 4) is 0 Å². The molecule has 0 aliphatic carbocycles. The number of benzene rings is 2. The van der Waals surface area contributed by atoms with E-state index in [2.05, 4.69) is 10.1 Å². The third kappa shape index (κ3) is 5.27. The highest BCUT2D eigenvalue weighted by Gasteiger charge is 2.34. The minimum atomic E-state index is -4.46. The minimum absolute atomic E-state index is 0.0246. The Balaban J connectivity index is 1.32. The molecule has 5 rings (SSSR count). The molecule has 0 radical (unpaired) electrons. The summed E-state index contributed by atoms with van der Waals surface area (Å²) in [6, 6.07) is 9.68. The van der Waals surface area contributed by atoms with Crippen molar-refractivity contribution in [1.82, 2.24) is 14.7 Å². The van der Waals surface area contributed by atoms with Crippen LogP contribution in [-0.2, 0) is 22.3 Å². The highest BCUT2D eigenvalue weighted by molar-refractivity contribution is 8.18. The number of aliphatic imine (C=N–C) groups is 1. The fraction of sp³-hybridized carbons (Fsp3) is 0.308. The number of aliphatic carboxylic acids is 1. The molecule has 37 heavy (non-hydrogen) atoms. The molecule has 0 atom stereocenters. The molecule has 1 amide bonds. The van der Waals surface area contributed by atoms with Crippen molar-refractivity contribution in [2.75, 3.05) is 13.1 Å². The van der Waals surface area contributed by atoms with E-state index < -0.39 is 17.7 Å². The summed E-state index contributed by atoms with van der Waals surface area (Å²) in [5.74, 6) is -1.52. The van der Waals surface area contributed by atoms with E-state index in [1.165, 1.54) is 22.5 Å². The summed E-state index contributed by atoms with van der Waals surface area (Å²) < 4.78 is 42.2. The van der Waals surface area contributed by atoms with Crippen LogP contribution >= 0.6 is 11.8 Å². The van der Waals surface area contributed by atoms with Gasteiger partial charge in [-0.25, -0.2) is 0 Å². The van der Waals surface area contributed by atoms with Gasteiger partial charge in [-0.1, -0.05) is 23.8 Å². The van der Waals surface area contributed by atoms with Gasteiger partial charge in [0.25, 0.3) is 5.91 Å². The largest absolute Gasteiger partial charge is 0.481 e. The number of piperidine rings is 1. The molecule has 7 nitrogen and oxygen atoms in total. The summed E-state index contributed by atoms with van der Waals surface area (Å²) in [6.45, 7) is 2.67. The average Bonchev–Trinajstić information content (AvgIpc) is 3.42. The molecule has 1 saturated heterocycles. The number of thioether (sulfide) groups is 1. The molecular formula is C26H23F3N4O3S. The third-order valence-corrected chi connectivity index (χ3v) is 7.62. The molecule has 1 fully saturated rings. The number of nitrogens with zero attached hydrogens (tertiary/aromatic N) is 4. The number of likely N-dealkylation sites (tertiary alicyclic amines) is 1. The number of carboxylic acid groups (broad SMARTS) is 1. The second-order valence-corrected chi connectivity index (χ2v) is 10.2. The number of carbonyl (C=O) groups excluding carboxylic acids is 1. The molecule has 2 aliphatic heterocycles. The normalized spacial score (nSPS) is 18.2. The SMILES string of the molecule is Cc1ccc(Cn2ncc3cc(/C=C4\SC(N5CCC(C(=O)O)CC5)=NC4=O)ccc32)c(C(F)(F)F)c1. The molecule has 192 valence electrons. The van der Waals surface area contributed by atoms with Crippen LogP contribution in [0.25, 0.3) is 17.0 Å². The lowest BCUT2D eigenvalue weighted by Crippen LogP contribution is -2.38. The molecule has 1 N–H and O–H groups in total. The molecule has 1 aromatic heterocycles. The smallest absolute Gasteiger partial charge is 0.416 e. The lowest BCUT2D eigenvalue weighted by molar-refractivity contribution is -0.143. The van der Waals surface area contributed by atoms with E-state index in [4.69, 9.17) is 0 Å². The van der Waals surface area contributed by atoms with Crippen molar-refractivity contribution in [2.45, 2.75) is 32.5 Å². The number of aromatic nitrogens is 2. The van der Waals surface area contributed by atoms with Gasteiger partial charge < -0.3 is 10.0 Å². The highest BCUT2D eigenvalue weighted by atomic mass is 32.2. The molecule has 11 heteroatoms. The summed E-state index contributed by atoms with van der Waals surface area (Å²) in [5, 5.41) is 14.8. The number of aryl methyl sites for hydroxylation is 1. The Morgan fingerprint density at radius 1 is 1.19 bits per heavy atom. The number of amides is 1. The first-order valence-corrected chi connectivity index (χ1v) is 12.5. The lowest BCUT2D eigenvalue weighted by atomic mass is 9.98. The maximum atomic E-state index is 13.5. The van der Waals surface area contributed by atoms with Crippen LogP contribution < -0.4 is 0 Å². The van der Waals surface area contributed by atoms with E-state index in [9.17, 15) is 27.9 Å². The standard InChI is InChI=1S/C26H23F3N4O3S/c1-15-2-4-18(20(10-15)26(27,28)29)14-33-21-5-3-16(11-19(21)13-30-33)12-22-23(34)31-25(37-22)32-8-6-17(7-9-32)24(35)36/h2-5,10-13,17H,6-9,14H2,1H3,(H,35,36)/b22-12-. The Hall–Kier alpha value is -3.60. The summed E-state index contributed by atoms with van der Waals surface area (Å²) in [4.78, 5) is 30.2. The molecule has 0 unspecified atom stereocenters.